The van der Waals surface area contributed by atoms with E-state index in [1.165, 1.54) is 12.1 Å². The van der Waals surface area contributed by atoms with Crippen molar-refractivity contribution in [1.82, 2.24) is 0 Å². The van der Waals surface area contributed by atoms with E-state index in [0.29, 0.717) is 10.8 Å². The van der Waals surface area contributed by atoms with Crippen molar-refractivity contribution in [3.63, 3.8) is 0 Å². The Balaban J connectivity index is 2.17. The maximum atomic E-state index is 11.5. The van der Waals surface area contributed by atoms with Gasteiger partial charge in [0.1, 0.15) is 12.4 Å². The number of ether oxygens (including phenoxy) is 1. The van der Waals surface area contributed by atoms with Crippen molar-refractivity contribution < 1.29 is 19.4 Å². The molecule has 0 fully saturated rings. The van der Waals surface area contributed by atoms with Crippen LogP contribution in [0, 0.1) is 0 Å². The van der Waals surface area contributed by atoms with Gasteiger partial charge in [0, 0.05) is 21.5 Å². The highest BCUT2D eigenvalue weighted by Gasteiger charge is 2.14. The Bertz CT molecular complexity index is 779. The van der Waals surface area contributed by atoms with E-state index >= 15 is 0 Å². The van der Waals surface area contributed by atoms with E-state index in [-0.39, 0.29) is 30.2 Å². The number of anilines is 1. The molecule has 0 saturated heterocycles. The molecule has 5 nitrogen and oxygen atoms in total. The minimum Gasteiger partial charge on any atom is -0.489 e. The number of halogens is 2. The van der Waals surface area contributed by atoms with E-state index in [4.69, 9.17) is 16.3 Å². The summed E-state index contributed by atoms with van der Waals surface area (Å²) in [6.07, 6.45) is 0.263. The number of aromatic carboxylic acids is 1. The third-order valence-corrected chi connectivity index (χ3v) is 4.07. The zero-order valence-electron chi connectivity index (χ0n) is 12.8. The summed E-state index contributed by atoms with van der Waals surface area (Å²) in [5.41, 5.74) is 0.986. The molecule has 0 aliphatic heterocycles. The molecule has 126 valence electrons. The summed E-state index contributed by atoms with van der Waals surface area (Å²) in [5.74, 6) is -1.03. The molecule has 0 radical (unpaired) electrons. The standard InChI is InChI=1S/C17H15BrClNO4/c1-2-16(21)20-15-6-5-12(8-13(15)17(22)23)24-9-10-3-4-11(18)7-14(10)19/h3-8H,2,9H2,1H3,(H,20,21)(H,22,23). The van der Waals surface area contributed by atoms with Crippen LogP contribution >= 0.6 is 27.5 Å². The molecule has 0 aromatic heterocycles. The van der Waals surface area contributed by atoms with Crippen LogP contribution in [0.3, 0.4) is 0 Å². The Kier molecular flexibility index (Phi) is 6.23. The van der Waals surface area contributed by atoms with Gasteiger partial charge in [0.05, 0.1) is 11.3 Å². The minimum atomic E-state index is -1.14. The van der Waals surface area contributed by atoms with Crippen molar-refractivity contribution in [2.45, 2.75) is 20.0 Å². The van der Waals surface area contributed by atoms with Crippen LogP contribution in [0.5, 0.6) is 5.75 Å². The predicted octanol–water partition coefficient (Wildman–Crippen LogP) is 4.73. The Morgan fingerprint density at radius 3 is 2.62 bits per heavy atom. The molecule has 24 heavy (non-hydrogen) atoms. The lowest BCUT2D eigenvalue weighted by Crippen LogP contribution is -2.13. The molecule has 0 atom stereocenters. The van der Waals surface area contributed by atoms with Gasteiger partial charge < -0.3 is 15.2 Å². The van der Waals surface area contributed by atoms with Crippen molar-refractivity contribution in [3.05, 3.63) is 57.0 Å². The van der Waals surface area contributed by atoms with Crippen LogP contribution in [0.1, 0.15) is 29.3 Å². The highest BCUT2D eigenvalue weighted by atomic mass is 79.9. The van der Waals surface area contributed by atoms with E-state index in [0.717, 1.165) is 10.0 Å². The molecule has 2 rings (SSSR count). The lowest BCUT2D eigenvalue weighted by atomic mass is 10.1. The van der Waals surface area contributed by atoms with E-state index in [2.05, 4.69) is 21.2 Å². The highest BCUT2D eigenvalue weighted by Crippen LogP contribution is 2.26. The van der Waals surface area contributed by atoms with Crippen LogP contribution in [0.2, 0.25) is 5.02 Å². The number of rotatable bonds is 6. The molecule has 0 saturated carbocycles. The van der Waals surface area contributed by atoms with Crippen LogP contribution in [0.4, 0.5) is 5.69 Å². The second-order valence-corrected chi connectivity index (χ2v) is 6.26. The van der Waals surface area contributed by atoms with Gasteiger partial charge in [-0.3, -0.25) is 4.79 Å². The number of hydrogen-bond donors (Lipinski definition) is 2. The molecule has 2 N–H and O–H groups in total. The number of amides is 1. The van der Waals surface area contributed by atoms with Gasteiger partial charge in [-0.2, -0.15) is 0 Å². The summed E-state index contributed by atoms with van der Waals surface area (Å²) < 4.78 is 6.48. The molecule has 0 heterocycles. The number of nitrogens with one attached hydrogen (secondary N) is 1. The second kappa shape index (κ2) is 8.17. The molecule has 1 amide bonds. The molecule has 0 unspecified atom stereocenters. The maximum Gasteiger partial charge on any atom is 0.337 e. The summed E-state index contributed by atoms with van der Waals surface area (Å²) in [6.45, 7) is 1.89. The van der Waals surface area contributed by atoms with Crippen molar-refractivity contribution in [2.24, 2.45) is 0 Å². The zero-order valence-corrected chi connectivity index (χ0v) is 15.1. The van der Waals surface area contributed by atoms with Crippen LogP contribution in [-0.4, -0.2) is 17.0 Å². The fourth-order valence-corrected chi connectivity index (χ4v) is 2.67. The van der Waals surface area contributed by atoms with Gasteiger partial charge in [0.15, 0.2) is 0 Å². The third-order valence-electron chi connectivity index (χ3n) is 3.23. The van der Waals surface area contributed by atoms with Crippen LogP contribution in [-0.2, 0) is 11.4 Å². The van der Waals surface area contributed by atoms with Gasteiger partial charge in [-0.05, 0) is 30.3 Å². The number of carboxylic acids is 1. The van der Waals surface area contributed by atoms with Gasteiger partial charge in [-0.25, -0.2) is 4.79 Å². The third kappa shape index (κ3) is 4.72. The topological polar surface area (TPSA) is 75.6 Å². The van der Waals surface area contributed by atoms with Gasteiger partial charge >= 0.3 is 5.97 Å². The fraction of sp³-hybridized carbons (Fsp3) is 0.176. The first kappa shape index (κ1) is 18.3. The van der Waals surface area contributed by atoms with Crippen LogP contribution < -0.4 is 10.1 Å². The Morgan fingerprint density at radius 2 is 2.00 bits per heavy atom. The van der Waals surface area contributed by atoms with E-state index in [1.54, 1.807) is 19.1 Å². The highest BCUT2D eigenvalue weighted by molar-refractivity contribution is 9.10. The van der Waals surface area contributed by atoms with Gasteiger partial charge in [-0.15, -0.1) is 0 Å². The lowest BCUT2D eigenvalue weighted by Gasteiger charge is -2.12. The van der Waals surface area contributed by atoms with Gasteiger partial charge in [0.25, 0.3) is 0 Å². The monoisotopic (exact) mass is 411 g/mol. The maximum absolute atomic E-state index is 11.5. The smallest absolute Gasteiger partial charge is 0.337 e. The number of carboxylic acid groups (broad SMARTS) is 1. The van der Waals surface area contributed by atoms with Crippen molar-refractivity contribution in [1.29, 1.82) is 0 Å². The average Bonchev–Trinajstić information content (AvgIpc) is 2.54. The molecule has 7 heteroatoms. The molecule has 0 aliphatic carbocycles. The lowest BCUT2D eigenvalue weighted by molar-refractivity contribution is -0.115. The summed E-state index contributed by atoms with van der Waals surface area (Å²) in [6, 6.07) is 9.91. The first-order chi connectivity index (χ1) is 11.4. The van der Waals surface area contributed by atoms with Crippen LogP contribution in [0.15, 0.2) is 40.9 Å². The molecular formula is C17H15BrClNO4. The van der Waals surface area contributed by atoms with Crippen LogP contribution in [0.25, 0.3) is 0 Å². The molecular weight excluding hydrogens is 398 g/mol. The Hall–Kier alpha value is -2.05. The van der Waals surface area contributed by atoms with Crippen molar-refractivity contribution in [3.8, 4) is 5.75 Å². The zero-order chi connectivity index (χ0) is 17.7. The molecule has 2 aromatic carbocycles. The van der Waals surface area contributed by atoms with E-state index in [9.17, 15) is 14.7 Å². The average molecular weight is 413 g/mol. The summed E-state index contributed by atoms with van der Waals surface area (Å²) in [7, 11) is 0. The van der Waals surface area contributed by atoms with Gasteiger partial charge in [-0.1, -0.05) is 40.5 Å². The molecule has 0 aliphatic rings. The second-order valence-electron chi connectivity index (χ2n) is 4.94. The predicted molar refractivity (Wildman–Crippen MR) is 95.8 cm³/mol. The quantitative estimate of drug-likeness (QED) is 0.719. The van der Waals surface area contributed by atoms with Crippen molar-refractivity contribution in [2.75, 3.05) is 5.32 Å². The minimum absolute atomic E-state index is 0.0313. The Morgan fingerprint density at radius 1 is 1.25 bits per heavy atom. The first-order valence-corrected chi connectivity index (χ1v) is 8.31. The molecule has 0 bridgehead atoms. The first-order valence-electron chi connectivity index (χ1n) is 7.14. The summed E-state index contributed by atoms with van der Waals surface area (Å²) >= 11 is 9.45. The Labute approximate surface area is 152 Å². The van der Waals surface area contributed by atoms with E-state index < -0.39 is 5.97 Å². The van der Waals surface area contributed by atoms with Crippen molar-refractivity contribution >= 4 is 45.1 Å². The van der Waals surface area contributed by atoms with E-state index in [1.807, 2.05) is 12.1 Å². The largest absolute Gasteiger partial charge is 0.489 e. The summed E-state index contributed by atoms with van der Waals surface area (Å²) in [4.78, 5) is 22.8. The molecule has 2 aromatic rings. The number of carbonyl (C=O) groups excluding carboxylic acids is 1. The molecule has 0 spiro atoms. The summed E-state index contributed by atoms with van der Waals surface area (Å²) in [5, 5.41) is 12.4. The normalized spacial score (nSPS) is 10.3. The van der Waals surface area contributed by atoms with Gasteiger partial charge in [0.2, 0.25) is 5.91 Å². The number of hydrogen-bond acceptors (Lipinski definition) is 3. The SMILES string of the molecule is CCC(=O)Nc1ccc(OCc2ccc(Br)cc2Cl)cc1C(=O)O. The fourth-order valence-electron chi connectivity index (χ4n) is 1.94. The number of benzene rings is 2. The number of carbonyl (C=O) groups is 2.